The molecule has 1 aliphatic carbocycles. The number of benzene rings is 1. The molecule has 1 saturated carbocycles. The van der Waals surface area contributed by atoms with Crippen molar-refractivity contribution in [2.45, 2.75) is 38.7 Å². The standard InChI is InChI=1S/C17H26N2O2/c1-3-4-11-18-15-8-6-5-7-14(15)17(21)19(2)12-16(20)13-9-10-13/h5-8,13,16,18,20H,3-4,9-12H2,1-2H3. The second-order valence-electron chi connectivity index (χ2n) is 5.92. The molecular formula is C17H26N2O2. The van der Waals surface area contributed by atoms with Crippen molar-refractivity contribution in [3.05, 3.63) is 29.8 Å². The lowest BCUT2D eigenvalue weighted by Crippen LogP contribution is -2.35. The van der Waals surface area contributed by atoms with Crippen molar-refractivity contribution in [2.24, 2.45) is 5.92 Å². The van der Waals surface area contributed by atoms with Crippen LogP contribution >= 0.6 is 0 Å². The molecule has 4 heteroatoms. The van der Waals surface area contributed by atoms with Gasteiger partial charge in [0.15, 0.2) is 0 Å². The van der Waals surface area contributed by atoms with E-state index in [1.807, 2.05) is 24.3 Å². The fourth-order valence-corrected chi connectivity index (χ4v) is 2.42. The van der Waals surface area contributed by atoms with Crippen LogP contribution in [0.3, 0.4) is 0 Å². The summed E-state index contributed by atoms with van der Waals surface area (Å²) < 4.78 is 0. The molecule has 1 amide bonds. The lowest BCUT2D eigenvalue weighted by atomic mass is 10.1. The molecule has 2 rings (SSSR count). The fraction of sp³-hybridized carbons (Fsp3) is 0.588. The van der Waals surface area contributed by atoms with E-state index in [2.05, 4.69) is 12.2 Å². The fourth-order valence-electron chi connectivity index (χ4n) is 2.42. The minimum atomic E-state index is -0.390. The second kappa shape index (κ2) is 7.46. The van der Waals surface area contributed by atoms with E-state index < -0.39 is 0 Å². The van der Waals surface area contributed by atoms with Crippen LogP contribution in [0.15, 0.2) is 24.3 Å². The maximum absolute atomic E-state index is 12.6. The molecule has 1 aromatic carbocycles. The van der Waals surface area contributed by atoms with Crippen LogP contribution in [0.25, 0.3) is 0 Å². The van der Waals surface area contributed by atoms with Gasteiger partial charge in [0.2, 0.25) is 0 Å². The van der Waals surface area contributed by atoms with Gasteiger partial charge in [-0.1, -0.05) is 25.5 Å². The van der Waals surface area contributed by atoms with Crippen molar-refractivity contribution < 1.29 is 9.90 Å². The number of nitrogens with one attached hydrogen (secondary N) is 1. The number of aliphatic hydroxyl groups excluding tert-OH is 1. The van der Waals surface area contributed by atoms with Gasteiger partial charge in [-0.25, -0.2) is 0 Å². The van der Waals surface area contributed by atoms with E-state index in [1.165, 1.54) is 0 Å². The summed E-state index contributed by atoms with van der Waals surface area (Å²) in [4.78, 5) is 14.2. The zero-order chi connectivity index (χ0) is 15.2. The number of carbonyl (C=O) groups is 1. The van der Waals surface area contributed by atoms with Gasteiger partial charge in [-0.2, -0.15) is 0 Å². The Morgan fingerprint density at radius 2 is 2.14 bits per heavy atom. The summed E-state index contributed by atoms with van der Waals surface area (Å²) in [6.07, 6.45) is 3.98. The van der Waals surface area contributed by atoms with Crippen molar-refractivity contribution in [1.82, 2.24) is 4.90 Å². The van der Waals surface area contributed by atoms with Crippen molar-refractivity contribution in [2.75, 3.05) is 25.5 Å². The maximum Gasteiger partial charge on any atom is 0.255 e. The molecule has 21 heavy (non-hydrogen) atoms. The van der Waals surface area contributed by atoms with Gasteiger partial charge in [-0.05, 0) is 37.3 Å². The highest BCUT2D eigenvalue weighted by molar-refractivity contribution is 5.99. The van der Waals surface area contributed by atoms with E-state index in [9.17, 15) is 9.90 Å². The number of amides is 1. The lowest BCUT2D eigenvalue weighted by Gasteiger charge is -2.22. The lowest BCUT2D eigenvalue weighted by molar-refractivity contribution is 0.0646. The minimum Gasteiger partial charge on any atom is -0.391 e. The monoisotopic (exact) mass is 290 g/mol. The molecule has 0 aromatic heterocycles. The SMILES string of the molecule is CCCCNc1ccccc1C(=O)N(C)CC(O)C1CC1. The number of nitrogens with zero attached hydrogens (tertiary/aromatic N) is 1. The normalized spacial score (nSPS) is 15.6. The van der Waals surface area contributed by atoms with Gasteiger partial charge < -0.3 is 15.3 Å². The summed E-state index contributed by atoms with van der Waals surface area (Å²) >= 11 is 0. The highest BCUT2D eigenvalue weighted by Crippen LogP contribution is 2.33. The van der Waals surface area contributed by atoms with Crippen LogP contribution in [0.1, 0.15) is 43.0 Å². The summed E-state index contributed by atoms with van der Waals surface area (Å²) in [7, 11) is 1.76. The first-order valence-electron chi connectivity index (χ1n) is 7.90. The van der Waals surface area contributed by atoms with Crippen LogP contribution in [-0.2, 0) is 0 Å². The number of hydrogen-bond acceptors (Lipinski definition) is 3. The van der Waals surface area contributed by atoms with Crippen LogP contribution in [0.2, 0.25) is 0 Å². The van der Waals surface area contributed by atoms with Gasteiger partial charge in [0, 0.05) is 25.8 Å². The van der Waals surface area contributed by atoms with E-state index in [-0.39, 0.29) is 12.0 Å². The molecular weight excluding hydrogens is 264 g/mol. The molecule has 0 aliphatic heterocycles. The first-order valence-corrected chi connectivity index (χ1v) is 7.90. The summed E-state index contributed by atoms with van der Waals surface area (Å²) in [5.74, 6) is 0.354. The Morgan fingerprint density at radius 1 is 1.43 bits per heavy atom. The Balaban J connectivity index is 1.99. The number of carbonyl (C=O) groups excluding carboxylic acids is 1. The summed E-state index contributed by atoms with van der Waals surface area (Å²) in [6.45, 7) is 3.42. The van der Waals surface area contributed by atoms with E-state index in [0.29, 0.717) is 18.0 Å². The van der Waals surface area contributed by atoms with Gasteiger partial charge in [0.25, 0.3) is 5.91 Å². The van der Waals surface area contributed by atoms with E-state index in [4.69, 9.17) is 0 Å². The van der Waals surface area contributed by atoms with Gasteiger partial charge in [-0.3, -0.25) is 4.79 Å². The third-order valence-corrected chi connectivity index (χ3v) is 3.98. The van der Waals surface area contributed by atoms with Crippen molar-refractivity contribution in [3.8, 4) is 0 Å². The molecule has 1 aromatic rings. The van der Waals surface area contributed by atoms with Crippen LogP contribution < -0.4 is 5.32 Å². The largest absolute Gasteiger partial charge is 0.391 e. The molecule has 0 spiro atoms. The topological polar surface area (TPSA) is 52.6 Å². The first-order chi connectivity index (χ1) is 10.1. The van der Waals surface area contributed by atoms with Crippen LogP contribution in [0, 0.1) is 5.92 Å². The minimum absolute atomic E-state index is 0.0331. The van der Waals surface area contributed by atoms with E-state index >= 15 is 0 Å². The highest BCUT2D eigenvalue weighted by atomic mass is 16.3. The molecule has 1 atom stereocenters. The Kier molecular flexibility index (Phi) is 5.62. The van der Waals surface area contributed by atoms with Crippen LogP contribution in [0.4, 0.5) is 5.69 Å². The summed E-state index contributed by atoms with van der Waals surface area (Å²) in [5, 5.41) is 13.3. The second-order valence-corrected chi connectivity index (χ2v) is 5.92. The third kappa shape index (κ3) is 4.46. The van der Waals surface area contributed by atoms with Crippen LogP contribution in [0.5, 0.6) is 0 Å². The smallest absolute Gasteiger partial charge is 0.255 e. The van der Waals surface area contributed by atoms with Gasteiger partial charge in [-0.15, -0.1) is 0 Å². The number of para-hydroxylation sites is 1. The molecule has 4 nitrogen and oxygen atoms in total. The molecule has 2 N–H and O–H groups in total. The molecule has 116 valence electrons. The first kappa shape index (κ1) is 15.8. The third-order valence-electron chi connectivity index (χ3n) is 3.98. The molecule has 0 saturated heterocycles. The van der Waals surface area contributed by atoms with Crippen molar-refractivity contribution in [3.63, 3.8) is 0 Å². The van der Waals surface area contributed by atoms with Gasteiger partial charge >= 0.3 is 0 Å². The molecule has 1 fully saturated rings. The highest BCUT2D eigenvalue weighted by Gasteiger charge is 2.31. The summed E-state index contributed by atoms with van der Waals surface area (Å²) in [6, 6.07) is 7.60. The molecule has 0 radical (unpaired) electrons. The Bertz CT molecular complexity index is 472. The predicted octanol–water partition coefficient (Wildman–Crippen LogP) is 2.74. The Morgan fingerprint density at radius 3 is 2.81 bits per heavy atom. The maximum atomic E-state index is 12.6. The number of likely N-dealkylation sites (N-methyl/N-ethyl adjacent to an activating group) is 1. The van der Waals surface area contributed by atoms with E-state index in [1.54, 1.807) is 11.9 Å². The number of rotatable bonds is 8. The number of hydrogen-bond donors (Lipinski definition) is 2. The number of anilines is 1. The average Bonchev–Trinajstić information content (AvgIpc) is 3.32. The van der Waals surface area contributed by atoms with Crippen molar-refractivity contribution in [1.29, 1.82) is 0 Å². The summed E-state index contributed by atoms with van der Waals surface area (Å²) in [5.41, 5.74) is 1.56. The molecule has 0 bridgehead atoms. The Labute approximate surface area is 127 Å². The molecule has 1 unspecified atom stereocenters. The number of aliphatic hydroxyl groups is 1. The Hall–Kier alpha value is -1.55. The molecule has 1 aliphatic rings. The van der Waals surface area contributed by atoms with Gasteiger partial charge in [0.1, 0.15) is 0 Å². The van der Waals surface area contributed by atoms with Gasteiger partial charge in [0.05, 0.1) is 11.7 Å². The zero-order valence-corrected chi connectivity index (χ0v) is 13.0. The van der Waals surface area contributed by atoms with Crippen LogP contribution in [-0.4, -0.2) is 42.2 Å². The zero-order valence-electron chi connectivity index (χ0n) is 13.0. The van der Waals surface area contributed by atoms with E-state index in [0.717, 1.165) is 37.9 Å². The average molecular weight is 290 g/mol. The van der Waals surface area contributed by atoms with Crippen molar-refractivity contribution >= 4 is 11.6 Å². The molecule has 0 heterocycles. The number of unbranched alkanes of at least 4 members (excludes halogenated alkanes) is 1. The predicted molar refractivity (Wildman–Crippen MR) is 85.5 cm³/mol. The quantitative estimate of drug-likeness (QED) is 0.724.